The summed E-state index contributed by atoms with van der Waals surface area (Å²) < 4.78 is 52.9. The Labute approximate surface area is 193 Å². The van der Waals surface area contributed by atoms with E-state index >= 15 is 0 Å². The number of anilines is 1. The van der Waals surface area contributed by atoms with Gasteiger partial charge in [-0.25, -0.2) is 9.37 Å². The summed E-state index contributed by atoms with van der Waals surface area (Å²) in [6, 6.07) is 7.94. The minimum atomic E-state index is -4.45. The van der Waals surface area contributed by atoms with E-state index in [1.807, 2.05) is 0 Å². The van der Waals surface area contributed by atoms with Crippen molar-refractivity contribution in [3.8, 4) is 11.3 Å². The number of nitrogens with zero attached hydrogens (tertiary/aromatic N) is 4. The Morgan fingerprint density at radius 3 is 2.53 bits per heavy atom. The molecule has 6 rings (SSSR count). The summed E-state index contributed by atoms with van der Waals surface area (Å²) in [5.41, 5.74) is -0.311. The van der Waals surface area contributed by atoms with E-state index in [9.17, 15) is 22.4 Å². The van der Waals surface area contributed by atoms with Gasteiger partial charge in [-0.15, -0.1) is 0 Å². The zero-order valence-electron chi connectivity index (χ0n) is 18.0. The second-order valence-electron chi connectivity index (χ2n) is 8.62. The van der Waals surface area contributed by atoms with Crippen LogP contribution in [0.4, 0.5) is 23.4 Å². The Balaban J connectivity index is 1.40. The molecule has 5 heterocycles. The van der Waals surface area contributed by atoms with Crippen LogP contribution in [-0.2, 0) is 6.18 Å². The van der Waals surface area contributed by atoms with Gasteiger partial charge in [-0.1, -0.05) is 0 Å². The molecule has 10 heteroatoms. The first kappa shape index (κ1) is 22.2. The largest absolute Gasteiger partial charge is 0.417 e. The standard InChI is InChI=1S/C24H21F4N5O/c25-17-4-2-10-29-21(17)16-3-1-9-30-22(16)23(34)33-13-14-5-7-19(33)18(11-14)32-20-8-6-15(12-31-20)24(26,27)28/h1-4,6,8-10,12,14,18-19H,5,7,11,13H2,(H,31,32). The van der Waals surface area contributed by atoms with Gasteiger partial charge in [-0.05, 0) is 61.6 Å². The maximum Gasteiger partial charge on any atom is 0.417 e. The first-order chi connectivity index (χ1) is 16.3. The highest BCUT2D eigenvalue weighted by Crippen LogP contribution is 2.38. The number of fused-ring (bicyclic) bond motifs is 3. The molecule has 1 saturated carbocycles. The number of nitrogens with one attached hydrogen (secondary N) is 1. The highest BCUT2D eigenvalue weighted by Gasteiger charge is 2.44. The van der Waals surface area contributed by atoms with Crippen LogP contribution in [0, 0.1) is 11.7 Å². The third kappa shape index (κ3) is 4.20. The molecule has 1 amide bonds. The molecule has 2 bridgehead atoms. The number of rotatable bonds is 4. The first-order valence-corrected chi connectivity index (χ1v) is 11.0. The van der Waals surface area contributed by atoms with Crippen molar-refractivity contribution in [1.82, 2.24) is 19.9 Å². The van der Waals surface area contributed by atoms with Crippen LogP contribution in [0.25, 0.3) is 11.3 Å². The highest BCUT2D eigenvalue weighted by atomic mass is 19.4. The number of carbonyl (C=O) groups excluding carboxylic acids is 1. The normalized spacial score (nSPS) is 22.0. The van der Waals surface area contributed by atoms with Gasteiger partial charge in [0.05, 0.1) is 11.6 Å². The van der Waals surface area contributed by atoms with Crippen molar-refractivity contribution >= 4 is 11.7 Å². The predicted molar refractivity (Wildman–Crippen MR) is 116 cm³/mol. The Morgan fingerprint density at radius 2 is 1.82 bits per heavy atom. The lowest BCUT2D eigenvalue weighted by Gasteiger charge is -2.50. The van der Waals surface area contributed by atoms with Crippen LogP contribution in [0.3, 0.4) is 0 Å². The zero-order chi connectivity index (χ0) is 23.9. The zero-order valence-corrected chi connectivity index (χ0v) is 18.0. The maximum atomic E-state index is 14.4. The second-order valence-corrected chi connectivity index (χ2v) is 8.62. The molecule has 2 saturated heterocycles. The molecule has 1 aliphatic carbocycles. The maximum absolute atomic E-state index is 14.4. The number of aromatic nitrogens is 3. The van der Waals surface area contributed by atoms with E-state index in [2.05, 4.69) is 20.3 Å². The van der Waals surface area contributed by atoms with Gasteiger partial charge in [0.2, 0.25) is 0 Å². The van der Waals surface area contributed by atoms with Crippen molar-refractivity contribution in [3.63, 3.8) is 0 Å². The average Bonchev–Trinajstić information content (AvgIpc) is 2.84. The smallest absolute Gasteiger partial charge is 0.365 e. The molecule has 3 fully saturated rings. The van der Waals surface area contributed by atoms with Crippen LogP contribution in [0.15, 0.2) is 55.0 Å². The van der Waals surface area contributed by atoms with Crippen LogP contribution < -0.4 is 5.32 Å². The van der Waals surface area contributed by atoms with E-state index in [0.29, 0.717) is 17.9 Å². The number of hydrogen-bond donors (Lipinski definition) is 1. The third-order valence-electron chi connectivity index (χ3n) is 6.49. The molecule has 3 atom stereocenters. The Morgan fingerprint density at radius 1 is 1.03 bits per heavy atom. The lowest BCUT2D eigenvalue weighted by molar-refractivity contribution is -0.137. The molecule has 34 heavy (non-hydrogen) atoms. The minimum Gasteiger partial charge on any atom is -0.365 e. The molecular weight excluding hydrogens is 450 g/mol. The highest BCUT2D eigenvalue weighted by molar-refractivity contribution is 5.99. The number of piperidine rings is 2. The van der Waals surface area contributed by atoms with Crippen LogP contribution in [0.5, 0.6) is 0 Å². The lowest BCUT2D eigenvalue weighted by atomic mass is 9.76. The summed E-state index contributed by atoms with van der Waals surface area (Å²) >= 11 is 0. The van der Waals surface area contributed by atoms with Crippen LogP contribution in [0.2, 0.25) is 0 Å². The molecule has 176 valence electrons. The summed E-state index contributed by atoms with van der Waals surface area (Å²) in [7, 11) is 0. The van der Waals surface area contributed by atoms with E-state index in [0.717, 1.165) is 31.5 Å². The number of carbonyl (C=O) groups is 1. The number of halogens is 4. The molecule has 1 N–H and O–H groups in total. The van der Waals surface area contributed by atoms with Crippen molar-refractivity contribution in [2.45, 2.75) is 37.5 Å². The van der Waals surface area contributed by atoms with Crippen molar-refractivity contribution in [3.05, 3.63) is 72.1 Å². The number of hydrogen-bond acceptors (Lipinski definition) is 5. The molecule has 2 aliphatic heterocycles. The number of pyridine rings is 3. The summed E-state index contributed by atoms with van der Waals surface area (Å²) in [6.07, 6.45) is 1.77. The van der Waals surface area contributed by atoms with Crippen molar-refractivity contribution in [2.75, 3.05) is 11.9 Å². The average molecular weight is 471 g/mol. The summed E-state index contributed by atoms with van der Waals surface area (Å²) in [5.74, 6) is -0.299. The van der Waals surface area contributed by atoms with E-state index in [4.69, 9.17) is 0 Å². The van der Waals surface area contributed by atoms with Crippen LogP contribution in [0.1, 0.15) is 35.3 Å². The fourth-order valence-electron chi connectivity index (χ4n) is 4.91. The molecule has 3 aromatic rings. The number of alkyl halides is 3. The summed E-state index contributed by atoms with van der Waals surface area (Å²) in [5, 5.41) is 3.22. The molecule has 3 unspecified atom stereocenters. The SMILES string of the molecule is O=C(c1ncccc1-c1ncccc1F)N1CC2CCC1C(Nc1ccc(C(F)(F)F)cn1)C2. The molecule has 0 aromatic carbocycles. The van der Waals surface area contributed by atoms with Crippen molar-refractivity contribution in [2.24, 2.45) is 5.92 Å². The fraction of sp³-hybridized carbons (Fsp3) is 0.333. The molecule has 3 aromatic heterocycles. The van der Waals surface area contributed by atoms with Gasteiger partial charge in [0, 0.05) is 36.7 Å². The topological polar surface area (TPSA) is 71.0 Å². The van der Waals surface area contributed by atoms with Crippen molar-refractivity contribution in [1.29, 1.82) is 0 Å². The van der Waals surface area contributed by atoms with E-state index < -0.39 is 17.6 Å². The van der Waals surface area contributed by atoms with Gasteiger partial charge in [0.15, 0.2) is 0 Å². The quantitative estimate of drug-likeness (QED) is 0.554. The Kier molecular flexibility index (Phi) is 5.66. The summed E-state index contributed by atoms with van der Waals surface area (Å²) in [4.78, 5) is 27.6. The van der Waals surface area contributed by atoms with Gasteiger partial charge in [0.1, 0.15) is 23.0 Å². The lowest BCUT2D eigenvalue weighted by Crippen LogP contribution is -2.60. The molecule has 0 spiro atoms. The Hall–Kier alpha value is -3.56. The predicted octanol–water partition coefficient (Wildman–Crippen LogP) is 4.80. The van der Waals surface area contributed by atoms with Crippen LogP contribution in [-0.4, -0.2) is 44.4 Å². The second kappa shape index (κ2) is 8.66. The van der Waals surface area contributed by atoms with Gasteiger partial charge < -0.3 is 10.2 Å². The minimum absolute atomic E-state index is 0.0600. The van der Waals surface area contributed by atoms with Crippen LogP contribution >= 0.6 is 0 Å². The fourth-order valence-corrected chi connectivity index (χ4v) is 4.91. The summed E-state index contributed by atoms with van der Waals surface area (Å²) in [6.45, 7) is 0.544. The molecule has 3 aliphatic rings. The monoisotopic (exact) mass is 471 g/mol. The molecule has 0 radical (unpaired) electrons. The Bertz CT molecular complexity index is 1200. The van der Waals surface area contributed by atoms with Crippen molar-refractivity contribution < 1.29 is 22.4 Å². The third-order valence-corrected chi connectivity index (χ3v) is 6.49. The van der Waals surface area contributed by atoms with Gasteiger partial charge in [0.25, 0.3) is 5.91 Å². The number of amides is 1. The van der Waals surface area contributed by atoms with Gasteiger partial charge in [-0.3, -0.25) is 14.8 Å². The molecule has 6 nitrogen and oxygen atoms in total. The van der Waals surface area contributed by atoms with Gasteiger partial charge in [-0.2, -0.15) is 13.2 Å². The van der Waals surface area contributed by atoms with E-state index in [1.165, 1.54) is 30.6 Å². The molecular formula is C24H21F4N5O. The van der Waals surface area contributed by atoms with E-state index in [1.54, 1.807) is 17.0 Å². The first-order valence-electron chi connectivity index (χ1n) is 11.0. The van der Waals surface area contributed by atoms with E-state index in [-0.39, 0.29) is 35.3 Å². The van der Waals surface area contributed by atoms with Gasteiger partial charge >= 0.3 is 6.18 Å².